The minimum absolute atomic E-state index is 0.0795. The van der Waals surface area contributed by atoms with Crippen molar-refractivity contribution in [1.82, 2.24) is 9.13 Å². The number of rotatable bonds is 2. The van der Waals surface area contributed by atoms with Gasteiger partial charge in [0.25, 0.3) is 5.56 Å². The summed E-state index contributed by atoms with van der Waals surface area (Å²) in [4.78, 5) is 23.7. The average Bonchev–Trinajstić information content (AvgIpc) is 2.41. The van der Waals surface area contributed by atoms with Crippen LogP contribution in [0.5, 0.6) is 0 Å². The zero-order valence-electron chi connectivity index (χ0n) is 10.6. The Morgan fingerprint density at radius 2 is 1.85 bits per heavy atom. The van der Waals surface area contributed by atoms with Gasteiger partial charge in [0.15, 0.2) is 0 Å². The standard InChI is InChI=1S/C12H12Cl2N4O2/c1-17-11(19)9(15)10(16)18(12(17)20)5-6-2-3-7(13)4-8(6)14/h2-4H,5,15-16H2,1H3. The highest BCUT2D eigenvalue weighted by atomic mass is 35.5. The molecule has 2 aromatic rings. The quantitative estimate of drug-likeness (QED) is 0.866. The lowest BCUT2D eigenvalue weighted by atomic mass is 10.2. The molecule has 0 spiro atoms. The second-order valence-electron chi connectivity index (χ2n) is 4.27. The van der Waals surface area contributed by atoms with Crippen molar-refractivity contribution in [2.24, 2.45) is 7.05 Å². The topological polar surface area (TPSA) is 96.0 Å². The molecule has 0 bridgehead atoms. The Labute approximate surface area is 124 Å². The molecule has 1 aromatic carbocycles. The van der Waals surface area contributed by atoms with Crippen LogP contribution in [0, 0.1) is 0 Å². The molecule has 0 aliphatic heterocycles. The second kappa shape index (κ2) is 5.22. The molecule has 0 aliphatic carbocycles. The molecule has 0 aliphatic rings. The van der Waals surface area contributed by atoms with E-state index in [4.69, 9.17) is 34.7 Å². The molecule has 1 aromatic heterocycles. The summed E-state index contributed by atoms with van der Waals surface area (Å²) in [5, 5.41) is 0.885. The van der Waals surface area contributed by atoms with Gasteiger partial charge in [-0.05, 0) is 17.7 Å². The first kappa shape index (κ1) is 14.5. The van der Waals surface area contributed by atoms with E-state index in [1.54, 1.807) is 18.2 Å². The number of aromatic nitrogens is 2. The predicted molar refractivity (Wildman–Crippen MR) is 80.3 cm³/mol. The van der Waals surface area contributed by atoms with Crippen molar-refractivity contribution in [3.05, 3.63) is 54.6 Å². The average molecular weight is 315 g/mol. The largest absolute Gasteiger partial charge is 0.391 e. The minimum Gasteiger partial charge on any atom is -0.391 e. The molecule has 0 amide bonds. The molecule has 8 heteroatoms. The number of hydrogen-bond donors (Lipinski definition) is 2. The molecule has 2 rings (SSSR count). The summed E-state index contributed by atoms with van der Waals surface area (Å²) in [7, 11) is 1.33. The van der Waals surface area contributed by atoms with Crippen LogP contribution in [-0.4, -0.2) is 9.13 Å². The molecule has 6 nitrogen and oxygen atoms in total. The number of anilines is 2. The second-order valence-corrected chi connectivity index (χ2v) is 5.11. The van der Waals surface area contributed by atoms with Gasteiger partial charge < -0.3 is 11.5 Å². The summed E-state index contributed by atoms with van der Waals surface area (Å²) < 4.78 is 2.08. The molecule has 1 heterocycles. The van der Waals surface area contributed by atoms with E-state index >= 15 is 0 Å². The van der Waals surface area contributed by atoms with Crippen LogP contribution >= 0.6 is 23.2 Å². The predicted octanol–water partition coefficient (Wildman–Crippen LogP) is 1.07. The molecule has 0 fully saturated rings. The number of halogens is 2. The van der Waals surface area contributed by atoms with Gasteiger partial charge in [0.2, 0.25) is 0 Å². The first-order chi connectivity index (χ1) is 9.32. The Hall–Kier alpha value is -1.92. The van der Waals surface area contributed by atoms with Crippen molar-refractivity contribution in [2.45, 2.75) is 6.54 Å². The lowest BCUT2D eigenvalue weighted by molar-refractivity contribution is 0.658. The monoisotopic (exact) mass is 314 g/mol. The maximum atomic E-state index is 12.1. The van der Waals surface area contributed by atoms with Gasteiger partial charge in [-0.1, -0.05) is 29.3 Å². The molecule has 0 radical (unpaired) electrons. The van der Waals surface area contributed by atoms with Crippen LogP contribution in [0.1, 0.15) is 5.56 Å². The fraction of sp³-hybridized carbons (Fsp3) is 0.167. The SMILES string of the molecule is Cn1c(=O)c(N)c(N)n(Cc2ccc(Cl)cc2Cl)c1=O. The first-order valence-corrected chi connectivity index (χ1v) is 6.37. The highest BCUT2D eigenvalue weighted by Gasteiger charge is 2.14. The molecule has 4 N–H and O–H groups in total. The smallest absolute Gasteiger partial charge is 0.332 e. The van der Waals surface area contributed by atoms with Crippen LogP contribution in [0.2, 0.25) is 10.0 Å². The summed E-state index contributed by atoms with van der Waals surface area (Å²) >= 11 is 11.9. The zero-order valence-corrected chi connectivity index (χ0v) is 12.1. The Morgan fingerprint density at radius 1 is 1.20 bits per heavy atom. The third-order valence-corrected chi connectivity index (χ3v) is 3.55. The van der Waals surface area contributed by atoms with Crippen molar-refractivity contribution in [1.29, 1.82) is 0 Å². The maximum absolute atomic E-state index is 12.1. The van der Waals surface area contributed by atoms with Crippen molar-refractivity contribution in [3.63, 3.8) is 0 Å². The number of benzene rings is 1. The van der Waals surface area contributed by atoms with Gasteiger partial charge in [-0.2, -0.15) is 0 Å². The van der Waals surface area contributed by atoms with E-state index < -0.39 is 11.2 Å². The van der Waals surface area contributed by atoms with Crippen LogP contribution in [0.4, 0.5) is 11.5 Å². The molecular weight excluding hydrogens is 303 g/mol. The van der Waals surface area contributed by atoms with Gasteiger partial charge in [0, 0.05) is 17.1 Å². The highest BCUT2D eigenvalue weighted by Crippen LogP contribution is 2.22. The molecule has 20 heavy (non-hydrogen) atoms. The summed E-state index contributed by atoms with van der Waals surface area (Å²) in [5.41, 5.74) is 10.6. The van der Waals surface area contributed by atoms with Gasteiger partial charge in [-0.15, -0.1) is 0 Å². The summed E-state index contributed by atoms with van der Waals surface area (Å²) in [6.45, 7) is 0.0962. The van der Waals surface area contributed by atoms with Gasteiger partial charge in [-0.25, -0.2) is 4.79 Å². The number of nitrogens with zero attached hydrogens (tertiary/aromatic N) is 2. The van der Waals surface area contributed by atoms with Gasteiger partial charge in [-0.3, -0.25) is 13.9 Å². The third kappa shape index (κ3) is 2.39. The molecule has 0 saturated heterocycles. The lowest BCUT2D eigenvalue weighted by Gasteiger charge is -2.13. The Kier molecular flexibility index (Phi) is 3.78. The first-order valence-electron chi connectivity index (χ1n) is 5.61. The van der Waals surface area contributed by atoms with Crippen LogP contribution in [0.15, 0.2) is 27.8 Å². The zero-order chi connectivity index (χ0) is 15.0. The summed E-state index contributed by atoms with van der Waals surface area (Å²) in [6.07, 6.45) is 0. The highest BCUT2D eigenvalue weighted by molar-refractivity contribution is 6.35. The number of nitrogen functional groups attached to an aromatic ring is 2. The molecular formula is C12H12Cl2N4O2. The van der Waals surface area contributed by atoms with E-state index in [0.29, 0.717) is 15.6 Å². The molecule has 106 valence electrons. The number of nitrogens with two attached hydrogens (primary N) is 2. The summed E-state index contributed by atoms with van der Waals surface area (Å²) in [6, 6.07) is 4.89. The normalized spacial score (nSPS) is 10.8. The van der Waals surface area contributed by atoms with Crippen LogP contribution in [0.3, 0.4) is 0 Å². The fourth-order valence-electron chi connectivity index (χ4n) is 1.78. The summed E-state index contributed by atoms with van der Waals surface area (Å²) in [5.74, 6) is -0.0795. The van der Waals surface area contributed by atoms with E-state index in [1.807, 2.05) is 0 Å². The van der Waals surface area contributed by atoms with Crippen LogP contribution < -0.4 is 22.7 Å². The van der Waals surface area contributed by atoms with Crippen LogP contribution in [0.25, 0.3) is 0 Å². The van der Waals surface area contributed by atoms with Gasteiger partial charge >= 0.3 is 5.69 Å². The lowest BCUT2D eigenvalue weighted by Crippen LogP contribution is -2.40. The maximum Gasteiger partial charge on any atom is 0.332 e. The third-order valence-electron chi connectivity index (χ3n) is 2.96. The van der Waals surface area contributed by atoms with E-state index in [1.165, 1.54) is 11.6 Å². The van der Waals surface area contributed by atoms with Crippen molar-refractivity contribution >= 4 is 34.7 Å². The Bertz CT molecular complexity index is 795. The fourth-order valence-corrected chi connectivity index (χ4v) is 2.25. The Morgan fingerprint density at radius 3 is 2.45 bits per heavy atom. The molecule has 0 unspecified atom stereocenters. The molecule has 0 saturated carbocycles. The van der Waals surface area contributed by atoms with Crippen molar-refractivity contribution in [3.8, 4) is 0 Å². The van der Waals surface area contributed by atoms with Crippen molar-refractivity contribution in [2.75, 3.05) is 11.5 Å². The molecule has 0 atom stereocenters. The Balaban J connectivity index is 2.60. The number of hydrogen-bond acceptors (Lipinski definition) is 4. The minimum atomic E-state index is -0.619. The van der Waals surface area contributed by atoms with Gasteiger partial charge in [0.1, 0.15) is 11.5 Å². The van der Waals surface area contributed by atoms with E-state index in [-0.39, 0.29) is 18.1 Å². The van der Waals surface area contributed by atoms with Crippen LogP contribution in [-0.2, 0) is 13.6 Å². The van der Waals surface area contributed by atoms with E-state index in [0.717, 1.165) is 4.57 Å². The van der Waals surface area contributed by atoms with Crippen molar-refractivity contribution < 1.29 is 0 Å². The van der Waals surface area contributed by atoms with Gasteiger partial charge in [0.05, 0.1) is 6.54 Å². The van der Waals surface area contributed by atoms with E-state index in [2.05, 4.69) is 0 Å². The van der Waals surface area contributed by atoms with E-state index in [9.17, 15) is 9.59 Å².